The molecule has 1 saturated heterocycles. The van der Waals surface area contributed by atoms with Crippen LogP contribution in [0.5, 0.6) is 5.75 Å². The Morgan fingerprint density at radius 1 is 1.14 bits per heavy atom. The lowest BCUT2D eigenvalue weighted by molar-refractivity contribution is -0.203. The minimum Gasteiger partial charge on any atom is -0.488 e. The highest BCUT2D eigenvalue weighted by Crippen LogP contribution is 2.43. The van der Waals surface area contributed by atoms with Crippen LogP contribution in [-0.2, 0) is 4.79 Å². The first kappa shape index (κ1) is 20.5. The number of amides is 1. The molecule has 1 heterocycles. The Bertz CT molecular complexity index is 901. The fraction of sp³-hybridized carbons (Fsp3) is 0.476. The van der Waals surface area contributed by atoms with E-state index in [2.05, 4.69) is 5.43 Å². The van der Waals surface area contributed by atoms with Crippen molar-refractivity contribution in [2.24, 2.45) is 0 Å². The number of ether oxygens (including phenoxy) is 1. The topological polar surface area (TPSA) is 41.6 Å². The molecule has 28 heavy (non-hydrogen) atoms. The van der Waals surface area contributed by atoms with Gasteiger partial charge in [-0.05, 0) is 57.7 Å². The van der Waals surface area contributed by atoms with Crippen molar-refractivity contribution in [3.8, 4) is 5.75 Å². The molecule has 1 N–H and O–H groups in total. The van der Waals surface area contributed by atoms with Crippen molar-refractivity contribution >= 4 is 16.7 Å². The molecule has 0 aliphatic carbocycles. The second-order valence-electron chi connectivity index (χ2n) is 8.79. The van der Waals surface area contributed by atoms with E-state index in [1.165, 1.54) is 12.1 Å². The van der Waals surface area contributed by atoms with Crippen molar-refractivity contribution < 1.29 is 22.7 Å². The predicted molar refractivity (Wildman–Crippen MR) is 102 cm³/mol. The van der Waals surface area contributed by atoms with Crippen molar-refractivity contribution in [2.75, 3.05) is 0 Å². The average Bonchev–Trinajstić information content (AvgIpc) is 2.77. The van der Waals surface area contributed by atoms with Gasteiger partial charge in [-0.15, -0.1) is 0 Å². The minimum absolute atomic E-state index is 0.0106. The van der Waals surface area contributed by atoms with Gasteiger partial charge in [0.05, 0.1) is 0 Å². The maximum atomic E-state index is 14.0. The van der Waals surface area contributed by atoms with Crippen LogP contribution in [-0.4, -0.2) is 28.2 Å². The number of halogens is 3. The number of carbonyl (C=O) groups excluding carboxylic acids is 1. The summed E-state index contributed by atoms with van der Waals surface area (Å²) >= 11 is 0. The van der Waals surface area contributed by atoms with E-state index in [9.17, 15) is 18.0 Å². The summed E-state index contributed by atoms with van der Waals surface area (Å²) in [5.74, 6) is 0.204. The maximum Gasteiger partial charge on any atom is 0.409 e. The summed E-state index contributed by atoms with van der Waals surface area (Å²) < 4.78 is 48.0. The summed E-state index contributed by atoms with van der Waals surface area (Å²) in [5, 5.41) is 2.41. The highest BCUT2D eigenvalue weighted by atomic mass is 19.4. The number of nitrogens with zero attached hydrogens (tertiary/aromatic N) is 1. The van der Waals surface area contributed by atoms with Gasteiger partial charge in [0.25, 0.3) is 0 Å². The molecule has 0 unspecified atom stereocenters. The molecule has 3 rings (SSSR count). The molecule has 1 aliphatic heterocycles. The lowest BCUT2D eigenvalue weighted by Crippen LogP contribution is -2.51. The third kappa shape index (κ3) is 4.09. The Balaban J connectivity index is 2.08. The van der Waals surface area contributed by atoms with E-state index >= 15 is 0 Å². The van der Waals surface area contributed by atoms with E-state index in [4.69, 9.17) is 4.74 Å². The van der Waals surface area contributed by atoms with Gasteiger partial charge in [-0.1, -0.05) is 24.3 Å². The number of hydrogen-bond donors (Lipinski definition) is 1. The van der Waals surface area contributed by atoms with Crippen LogP contribution < -0.4 is 10.2 Å². The fourth-order valence-corrected chi connectivity index (χ4v) is 3.56. The number of hydrogen-bond acceptors (Lipinski definition) is 3. The first-order valence-electron chi connectivity index (χ1n) is 9.15. The minimum atomic E-state index is -4.55. The van der Waals surface area contributed by atoms with Crippen LogP contribution in [0.3, 0.4) is 0 Å². The van der Waals surface area contributed by atoms with Gasteiger partial charge in [0.2, 0.25) is 5.91 Å². The van der Waals surface area contributed by atoms with Gasteiger partial charge < -0.3 is 4.74 Å². The van der Waals surface area contributed by atoms with Crippen LogP contribution >= 0.6 is 0 Å². The summed E-state index contributed by atoms with van der Waals surface area (Å²) in [6.45, 7) is 8.99. The highest BCUT2D eigenvalue weighted by Gasteiger charge is 2.53. The Hall–Kier alpha value is -2.28. The largest absolute Gasteiger partial charge is 0.488 e. The molecule has 1 aliphatic rings. The molecule has 0 bridgehead atoms. The van der Waals surface area contributed by atoms with Gasteiger partial charge in [0.15, 0.2) is 6.04 Å². The standard InChI is InChI=1S/C21H25F3N2O2/c1-19(2,3)28-16-8-6-7-13-11-14(9-10-15(13)16)18(21(22,23)24)26-20(4,5)12-17(27)25-26/h6-11,18H,12H2,1-5H3,(H,25,27)/t18-/m0/s1. The van der Waals surface area contributed by atoms with Crippen molar-refractivity contribution in [1.82, 2.24) is 10.4 Å². The number of benzene rings is 2. The second kappa shape index (κ2) is 6.65. The van der Waals surface area contributed by atoms with Crippen LogP contribution in [0.2, 0.25) is 0 Å². The maximum absolute atomic E-state index is 14.0. The molecular weight excluding hydrogens is 369 g/mol. The summed E-state index contributed by atoms with van der Waals surface area (Å²) in [4.78, 5) is 11.8. The first-order chi connectivity index (χ1) is 12.8. The monoisotopic (exact) mass is 394 g/mol. The van der Waals surface area contributed by atoms with Gasteiger partial charge in [0, 0.05) is 17.3 Å². The van der Waals surface area contributed by atoms with Crippen LogP contribution in [0, 0.1) is 0 Å². The highest BCUT2D eigenvalue weighted by molar-refractivity contribution is 5.89. The smallest absolute Gasteiger partial charge is 0.409 e. The SMILES string of the molecule is CC(C)(C)Oc1cccc2cc([C@H](N3NC(=O)CC3(C)C)C(F)(F)F)ccc12. The summed E-state index contributed by atoms with van der Waals surface area (Å²) in [6, 6.07) is 8.01. The molecule has 0 saturated carbocycles. The van der Waals surface area contributed by atoms with Gasteiger partial charge in [-0.3, -0.25) is 10.2 Å². The van der Waals surface area contributed by atoms with Gasteiger partial charge in [-0.2, -0.15) is 18.2 Å². The van der Waals surface area contributed by atoms with Crippen LogP contribution in [0.1, 0.15) is 52.6 Å². The number of carbonyl (C=O) groups is 1. The summed E-state index contributed by atoms with van der Waals surface area (Å²) in [7, 11) is 0. The number of rotatable bonds is 3. The zero-order chi connectivity index (χ0) is 20.9. The third-order valence-electron chi connectivity index (χ3n) is 4.66. The quantitative estimate of drug-likeness (QED) is 0.784. The molecule has 2 aromatic rings. The molecule has 2 aromatic carbocycles. The van der Waals surface area contributed by atoms with Gasteiger partial charge in [-0.25, -0.2) is 0 Å². The van der Waals surface area contributed by atoms with Crippen molar-refractivity contribution in [3.63, 3.8) is 0 Å². The molecule has 0 aromatic heterocycles. The van der Waals surface area contributed by atoms with E-state index in [1.807, 2.05) is 20.8 Å². The van der Waals surface area contributed by atoms with Crippen LogP contribution in [0.15, 0.2) is 36.4 Å². The number of fused-ring (bicyclic) bond motifs is 1. The van der Waals surface area contributed by atoms with E-state index in [-0.39, 0.29) is 12.0 Å². The molecule has 7 heteroatoms. The average molecular weight is 394 g/mol. The molecular formula is C21H25F3N2O2. The van der Waals surface area contributed by atoms with Crippen molar-refractivity contribution in [3.05, 3.63) is 42.0 Å². The zero-order valence-corrected chi connectivity index (χ0v) is 16.6. The second-order valence-corrected chi connectivity index (χ2v) is 8.79. The molecule has 0 spiro atoms. The normalized spacial score (nSPS) is 18.9. The molecule has 1 fully saturated rings. The van der Waals surface area contributed by atoms with Crippen molar-refractivity contribution in [1.29, 1.82) is 0 Å². The summed E-state index contributed by atoms with van der Waals surface area (Å²) in [6.07, 6.45) is -4.54. The van der Waals surface area contributed by atoms with Gasteiger partial charge in [0.1, 0.15) is 11.4 Å². The first-order valence-corrected chi connectivity index (χ1v) is 9.15. The van der Waals surface area contributed by atoms with E-state index < -0.39 is 29.3 Å². The lowest BCUT2D eigenvalue weighted by atomic mass is 9.95. The van der Waals surface area contributed by atoms with Crippen molar-refractivity contribution in [2.45, 2.75) is 64.4 Å². The molecule has 0 radical (unpaired) electrons. The third-order valence-corrected chi connectivity index (χ3v) is 4.66. The molecule has 4 nitrogen and oxygen atoms in total. The molecule has 1 atom stereocenters. The zero-order valence-electron chi connectivity index (χ0n) is 16.6. The van der Waals surface area contributed by atoms with E-state index in [1.54, 1.807) is 38.1 Å². The lowest BCUT2D eigenvalue weighted by Gasteiger charge is -2.38. The van der Waals surface area contributed by atoms with Crippen LogP contribution in [0.4, 0.5) is 13.2 Å². The fourth-order valence-electron chi connectivity index (χ4n) is 3.56. The van der Waals surface area contributed by atoms with Crippen LogP contribution in [0.25, 0.3) is 10.8 Å². The number of hydrazine groups is 1. The van der Waals surface area contributed by atoms with Gasteiger partial charge >= 0.3 is 6.18 Å². The Morgan fingerprint density at radius 3 is 2.36 bits per heavy atom. The molecule has 152 valence electrons. The number of alkyl halides is 3. The Morgan fingerprint density at radius 2 is 1.82 bits per heavy atom. The Kier molecular flexibility index (Phi) is 4.86. The predicted octanol–water partition coefficient (Wildman–Crippen LogP) is 5.14. The van der Waals surface area contributed by atoms with E-state index in [0.29, 0.717) is 11.1 Å². The molecule has 1 amide bonds. The Labute approximate surface area is 162 Å². The number of nitrogens with one attached hydrogen (secondary N) is 1. The van der Waals surface area contributed by atoms with E-state index in [0.717, 1.165) is 10.4 Å². The summed E-state index contributed by atoms with van der Waals surface area (Å²) in [5.41, 5.74) is 1.08.